The van der Waals surface area contributed by atoms with Crippen LogP contribution in [0.5, 0.6) is 0 Å². The SMILES string of the molecule is C[C@H]1CC2(CCC(NCc3cnc(-n4cnnn4)cn3)CC2)C(=O)N1C1=CC(=O)OC1. The summed E-state index contributed by atoms with van der Waals surface area (Å²) < 4.78 is 6.47. The third kappa shape index (κ3) is 3.69. The summed E-state index contributed by atoms with van der Waals surface area (Å²) in [6.07, 6.45) is 10.6. The molecule has 2 aromatic rings. The zero-order chi connectivity index (χ0) is 21.4. The molecule has 3 aliphatic rings. The third-order valence-electron chi connectivity index (χ3n) is 6.55. The van der Waals surface area contributed by atoms with Crippen LogP contribution in [0.25, 0.3) is 5.82 Å². The van der Waals surface area contributed by atoms with E-state index in [2.05, 4.69) is 37.7 Å². The molecule has 11 nitrogen and oxygen atoms in total. The van der Waals surface area contributed by atoms with Crippen LogP contribution in [0.4, 0.5) is 0 Å². The van der Waals surface area contributed by atoms with Crippen molar-refractivity contribution in [3.05, 3.63) is 36.2 Å². The Morgan fingerprint density at radius 3 is 2.71 bits per heavy atom. The van der Waals surface area contributed by atoms with Gasteiger partial charge in [0.1, 0.15) is 12.9 Å². The second kappa shape index (κ2) is 7.80. The third-order valence-corrected chi connectivity index (χ3v) is 6.55. The Morgan fingerprint density at radius 2 is 2.06 bits per heavy atom. The quantitative estimate of drug-likeness (QED) is 0.684. The predicted octanol–water partition coefficient (Wildman–Crippen LogP) is 0.532. The van der Waals surface area contributed by atoms with E-state index in [4.69, 9.17) is 4.74 Å². The Bertz CT molecular complexity index is 996. The minimum atomic E-state index is -0.363. The topological polar surface area (TPSA) is 128 Å². The molecule has 0 aromatic carbocycles. The standard InChI is InChI=1S/C20H24N8O3/c1-13-7-20(19(30)28(13)16-6-18(29)31-11-16)4-2-14(3-5-20)21-8-15-9-23-17(10-22-15)27-12-24-25-26-27/h6,9-10,12-14,21H,2-5,7-8,11H2,1H3/t13-,14?,20?/m0/s1. The maximum Gasteiger partial charge on any atom is 0.333 e. The summed E-state index contributed by atoms with van der Waals surface area (Å²) in [5, 5.41) is 14.5. The van der Waals surface area contributed by atoms with Crippen LogP contribution < -0.4 is 5.32 Å². The van der Waals surface area contributed by atoms with Crippen LogP contribution in [0.2, 0.25) is 0 Å². The van der Waals surface area contributed by atoms with E-state index in [1.165, 1.54) is 17.1 Å². The van der Waals surface area contributed by atoms with Crippen LogP contribution in [0.15, 0.2) is 30.5 Å². The van der Waals surface area contributed by atoms with Crippen LogP contribution in [0.1, 0.15) is 44.7 Å². The van der Waals surface area contributed by atoms with Crippen LogP contribution in [0.3, 0.4) is 0 Å². The molecular formula is C20H24N8O3. The van der Waals surface area contributed by atoms with E-state index in [1.54, 1.807) is 17.3 Å². The first-order valence-corrected chi connectivity index (χ1v) is 10.5. The van der Waals surface area contributed by atoms with Gasteiger partial charge in [0.2, 0.25) is 5.91 Å². The summed E-state index contributed by atoms with van der Waals surface area (Å²) in [5.41, 5.74) is 1.21. The van der Waals surface area contributed by atoms with Crippen molar-refractivity contribution in [3.8, 4) is 5.82 Å². The number of hydrogen-bond acceptors (Lipinski definition) is 9. The Kier molecular flexibility index (Phi) is 4.97. The van der Waals surface area contributed by atoms with Gasteiger partial charge in [0.05, 0.1) is 29.2 Å². The minimum Gasteiger partial charge on any atom is -0.456 e. The zero-order valence-corrected chi connectivity index (χ0v) is 17.3. The summed E-state index contributed by atoms with van der Waals surface area (Å²) in [7, 11) is 0. The molecule has 0 radical (unpaired) electrons. The van der Waals surface area contributed by atoms with E-state index in [1.807, 2.05) is 0 Å². The van der Waals surface area contributed by atoms with Crippen LogP contribution >= 0.6 is 0 Å². The molecule has 162 valence electrons. The maximum absolute atomic E-state index is 13.3. The van der Waals surface area contributed by atoms with Gasteiger partial charge in [-0.1, -0.05) is 0 Å². The molecule has 31 heavy (non-hydrogen) atoms. The fraction of sp³-hybridized carbons (Fsp3) is 0.550. The largest absolute Gasteiger partial charge is 0.456 e. The van der Waals surface area contributed by atoms with Crippen LogP contribution in [-0.4, -0.2) is 65.6 Å². The van der Waals surface area contributed by atoms with Crippen molar-refractivity contribution in [1.29, 1.82) is 0 Å². The predicted molar refractivity (Wildman–Crippen MR) is 106 cm³/mol. The number of nitrogens with one attached hydrogen (secondary N) is 1. The van der Waals surface area contributed by atoms with Gasteiger partial charge in [-0.3, -0.25) is 9.78 Å². The van der Waals surface area contributed by atoms with Gasteiger partial charge in [-0.25, -0.2) is 9.78 Å². The number of rotatable bonds is 5. The summed E-state index contributed by atoms with van der Waals surface area (Å²) in [4.78, 5) is 35.3. The first-order valence-electron chi connectivity index (χ1n) is 10.5. The second-order valence-corrected chi connectivity index (χ2v) is 8.53. The number of hydrogen-bond donors (Lipinski definition) is 1. The van der Waals surface area contributed by atoms with E-state index in [-0.39, 0.29) is 29.9 Å². The molecule has 1 saturated carbocycles. The Labute approximate surface area is 178 Å². The van der Waals surface area contributed by atoms with Crippen molar-refractivity contribution in [2.75, 3.05) is 6.61 Å². The molecule has 1 N–H and O–H groups in total. The van der Waals surface area contributed by atoms with Gasteiger partial charge in [0, 0.05) is 24.7 Å². The van der Waals surface area contributed by atoms with Crippen molar-refractivity contribution < 1.29 is 14.3 Å². The lowest BCUT2D eigenvalue weighted by Gasteiger charge is -2.36. The van der Waals surface area contributed by atoms with Gasteiger partial charge in [0.15, 0.2) is 5.82 Å². The number of nitrogens with zero attached hydrogens (tertiary/aromatic N) is 7. The lowest BCUT2D eigenvalue weighted by molar-refractivity contribution is -0.138. The molecule has 11 heteroatoms. The molecule has 1 saturated heterocycles. The summed E-state index contributed by atoms with van der Waals surface area (Å²) in [6, 6.07) is 0.422. The minimum absolute atomic E-state index is 0.0896. The highest BCUT2D eigenvalue weighted by atomic mass is 16.5. The number of carbonyl (C=O) groups excluding carboxylic acids is 2. The van der Waals surface area contributed by atoms with E-state index in [0.717, 1.165) is 37.8 Å². The van der Waals surface area contributed by atoms with E-state index in [0.29, 0.717) is 24.1 Å². The first-order chi connectivity index (χ1) is 15.0. The van der Waals surface area contributed by atoms with Crippen molar-refractivity contribution in [3.63, 3.8) is 0 Å². The van der Waals surface area contributed by atoms with Gasteiger partial charge in [0.25, 0.3) is 0 Å². The molecule has 4 heterocycles. The second-order valence-electron chi connectivity index (χ2n) is 8.53. The molecular weight excluding hydrogens is 400 g/mol. The molecule has 1 amide bonds. The van der Waals surface area contributed by atoms with Gasteiger partial charge in [-0.05, 0) is 49.5 Å². The van der Waals surface area contributed by atoms with Crippen molar-refractivity contribution in [2.45, 2.75) is 57.7 Å². The maximum atomic E-state index is 13.3. The van der Waals surface area contributed by atoms with E-state index < -0.39 is 0 Å². The first kappa shape index (κ1) is 19.7. The molecule has 1 atom stereocenters. The van der Waals surface area contributed by atoms with Crippen molar-refractivity contribution in [2.24, 2.45) is 5.41 Å². The van der Waals surface area contributed by atoms with Crippen LogP contribution in [0, 0.1) is 5.41 Å². The van der Waals surface area contributed by atoms with E-state index >= 15 is 0 Å². The smallest absolute Gasteiger partial charge is 0.333 e. The highest BCUT2D eigenvalue weighted by molar-refractivity contribution is 5.91. The van der Waals surface area contributed by atoms with Gasteiger partial charge in [-0.2, -0.15) is 4.68 Å². The highest BCUT2D eigenvalue weighted by Gasteiger charge is 2.52. The molecule has 1 spiro atoms. The average molecular weight is 424 g/mol. The number of ether oxygens (including phenoxy) is 1. The Morgan fingerprint density at radius 1 is 1.23 bits per heavy atom. The number of tetrazole rings is 1. The number of esters is 1. The number of carbonyl (C=O) groups is 2. The number of amides is 1. The fourth-order valence-electron chi connectivity index (χ4n) is 4.98. The lowest BCUT2D eigenvalue weighted by Crippen LogP contribution is -2.42. The van der Waals surface area contributed by atoms with E-state index in [9.17, 15) is 9.59 Å². The van der Waals surface area contributed by atoms with Crippen molar-refractivity contribution >= 4 is 11.9 Å². The number of aromatic nitrogens is 6. The molecule has 2 aliphatic heterocycles. The summed E-state index contributed by atoms with van der Waals surface area (Å²) in [6.45, 7) is 2.87. The summed E-state index contributed by atoms with van der Waals surface area (Å²) >= 11 is 0. The fourth-order valence-corrected chi connectivity index (χ4v) is 4.98. The van der Waals surface area contributed by atoms with Crippen molar-refractivity contribution in [1.82, 2.24) is 40.4 Å². The highest BCUT2D eigenvalue weighted by Crippen LogP contribution is 2.48. The Hall–Kier alpha value is -3.21. The molecule has 0 bridgehead atoms. The molecule has 5 rings (SSSR count). The Balaban J connectivity index is 1.16. The molecule has 2 fully saturated rings. The molecule has 2 aromatic heterocycles. The monoisotopic (exact) mass is 424 g/mol. The normalized spacial score (nSPS) is 28.3. The molecule has 0 unspecified atom stereocenters. The van der Waals surface area contributed by atoms with Gasteiger partial charge >= 0.3 is 5.97 Å². The van der Waals surface area contributed by atoms with Gasteiger partial charge in [-0.15, -0.1) is 5.10 Å². The number of likely N-dealkylation sites (tertiary alicyclic amines) is 1. The molecule has 1 aliphatic carbocycles. The van der Waals surface area contributed by atoms with Crippen LogP contribution in [-0.2, 0) is 20.9 Å². The van der Waals surface area contributed by atoms with Gasteiger partial charge < -0.3 is 15.0 Å². The summed E-state index contributed by atoms with van der Waals surface area (Å²) in [5.74, 6) is 0.348. The number of cyclic esters (lactones) is 1. The average Bonchev–Trinajstić information content (AvgIpc) is 3.50. The lowest BCUT2D eigenvalue weighted by atomic mass is 9.70. The zero-order valence-electron chi connectivity index (χ0n) is 17.3.